The van der Waals surface area contributed by atoms with Gasteiger partial charge in [-0.15, -0.1) is 12.4 Å². The van der Waals surface area contributed by atoms with Gasteiger partial charge in [0.05, 0.1) is 15.5 Å². The number of hydrogen-bond acceptors (Lipinski definition) is 3. The first-order valence-electron chi connectivity index (χ1n) is 10.7. The molecule has 3 unspecified atom stereocenters. The highest BCUT2D eigenvalue weighted by atomic mass is 35.5. The molecular weight excluding hydrogens is 453 g/mol. The molecule has 2 saturated heterocycles. The van der Waals surface area contributed by atoms with E-state index in [2.05, 4.69) is 23.2 Å². The molecule has 2 aliphatic heterocycles. The van der Waals surface area contributed by atoms with Crippen LogP contribution < -0.4 is 11.1 Å². The molecule has 2 aliphatic rings. The summed E-state index contributed by atoms with van der Waals surface area (Å²) in [5, 5.41) is 4.70. The fourth-order valence-electron chi connectivity index (χ4n) is 5.60. The topological polar surface area (TPSA) is 58.4 Å². The van der Waals surface area contributed by atoms with Crippen molar-refractivity contribution < 1.29 is 4.79 Å². The van der Waals surface area contributed by atoms with E-state index in [-0.39, 0.29) is 29.8 Å². The fraction of sp³-hybridized carbons (Fsp3) is 0.458. The third-order valence-corrected chi connectivity index (χ3v) is 8.07. The monoisotopic (exact) mass is 481 g/mol. The van der Waals surface area contributed by atoms with Gasteiger partial charge in [0.15, 0.2) is 0 Å². The highest BCUT2D eigenvalue weighted by Gasteiger charge is 2.53. The Morgan fingerprint density at radius 1 is 1.13 bits per heavy atom. The summed E-state index contributed by atoms with van der Waals surface area (Å²) in [5.74, 6) is -0.232. The Hall–Kier alpha value is -1.30. The predicted octanol–water partition coefficient (Wildman–Crippen LogP) is 4.55. The minimum absolute atomic E-state index is 0. The van der Waals surface area contributed by atoms with Gasteiger partial charge in [-0.3, -0.25) is 9.69 Å². The van der Waals surface area contributed by atoms with Gasteiger partial charge in [-0.25, -0.2) is 0 Å². The van der Waals surface area contributed by atoms with Crippen LogP contribution in [0.1, 0.15) is 37.3 Å². The lowest BCUT2D eigenvalue weighted by molar-refractivity contribution is -0.127. The Morgan fingerprint density at radius 2 is 1.87 bits per heavy atom. The molecule has 3 N–H and O–H groups in total. The maximum atomic E-state index is 12.9. The van der Waals surface area contributed by atoms with Crippen molar-refractivity contribution >= 4 is 41.5 Å². The normalized spacial score (nSPS) is 28.8. The molecule has 2 aromatic rings. The zero-order valence-electron chi connectivity index (χ0n) is 17.7. The number of carbonyl (C=O) groups excluding carboxylic acids is 1. The fourth-order valence-corrected chi connectivity index (χ4v) is 5.90. The second-order valence-corrected chi connectivity index (χ2v) is 9.44. The number of nitrogens with one attached hydrogen (secondary N) is 1. The third kappa shape index (κ3) is 4.21. The molecular formula is C24H30Cl3N3O. The number of nitrogens with zero attached hydrogens (tertiary/aromatic N) is 1. The standard InChI is InChI=1S/C24H29Cl2N3O.ClH/c1-2-29-13-11-23(22(27)30,17-6-4-3-5-7-17)15-21(29)24(10-12-28-16-24)18-8-9-19(25)20(26)14-18;/h3-9,14,21,28H,2,10-13,15-16H2,1H3,(H2,27,30);1H. The van der Waals surface area contributed by atoms with Crippen molar-refractivity contribution in [2.75, 3.05) is 26.2 Å². The predicted molar refractivity (Wildman–Crippen MR) is 130 cm³/mol. The number of primary amides is 1. The van der Waals surface area contributed by atoms with E-state index in [1.54, 1.807) is 0 Å². The molecule has 7 heteroatoms. The van der Waals surface area contributed by atoms with Gasteiger partial charge in [0, 0.05) is 18.0 Å². The Morgan fingerprint density at radius 3 is 2.45 bits per heavy atom. The number of piperidine rings is 1. The van der Waals surface area contributed by atoms with E-state index in [4.69, 9.17) is 28.9 Å². The van der Waals surface area contributed by atoms with E-state index in [1.165, 1.54) is 5.56 Å². The van der Waals surface area contributed by atoms with E-state index in [0.717, 1.165) is 44.6 Å². The second-order valence-electron chi connectivity index (χ2n) is 8.62. The lowest BCUT2D eigenvalue weighted by Crippen LogP contribution is -2.61. The van der Waals surface area contributed by atoms with Gasteiger partial charge in [0.25, 0.3) is 0 Å². The summed E-state index contributed by atoms with van der Waals surface area (Å²) < 4.78 is 0. The van der Waals surface area contributed by atoms with Crippen LogP contribution in [-0.4, -0.2) is 43.0 Å². The Balaban J connectivity index is 0.00000272. The maximum Gasteiger partial charge on any atom is 0.228 e. The Bertz CT molecular complexity index is 918. The van der Waals surface area contributed by atoms with Gasteiger partial charge in [-0.2, -0.15) is 0 Å². The van der Waals surface area contributed by atoms with E-state index in [0.29, 0.717) is 16.5 Å². The molecule has 2 aromatic carbocycles. The summed E-state index contributed by atoms with van der Waals surface area (Å²) in [6.45, 7) is 5.73. The van der Waals surface area contributed by atoms with Gasteiger partial charge < -0.3 is 11.1 Å². The van der Waals surface area contributed by atoms with Crippen molar-refractivity contribution in [3.63, 3.8) is 0 Å². The minimum atomic E-state index is -0.663. The van der Waals surface area contributed by atoms with Crippen LogP contribution in [0.4, 0.5) is 0 Å². The Kier molecular flexibility index (Phi) is 7.60. The van der Waals surface area contributed by atoms with Crippen LogP contribution in [0, 0.1) is 0 Å². The van der Waals surface area contributed by atoms with Crippen molar-refractivity contribution in [2.45, 2.75) is 43.1 Å². The number of rotatable bonds is 5. The lowest BCUT2D eigenvalue weighted by Gasteiger charge is -2.52. The highest BCUT2D eigenvalue weighted by molar-refractivity contribution is 6.42. The first-order chi connectivity index (χ1) is 14.4. The molecule has 168 valence electrons. The number of halogens is 3. The average Bonchev–Trinajstić information content (AvgIpc) is 3.26. The van der Waals surface area contributed by atoms with Crippen molar-refractivity contribution in [3.05, 3.63) is 69.7 Å². The van der Waals surface area contributed by atoms with E-state index < -0.39 is 5.41 Å². The average molecular weight is 483 g/mol. The smallest absolute Gasteiger partial charge is 0.228 e. The summed E-state index contributed by atoms with van der Waals surface area (Å²) in [6, 6.07) is 16.2. The maximum absolute atomic E-state index is 12.9. The molecule has 0 spiro atoms. The summed E-state index contributed by atoms with van der Waals surface area (Å²) in [5.41, 5.74) is 7.48. The number of carbonyl (C=O) groups is 1. The van der Waals surface area contributed by atoms with Crippen LogP contribution in [0.5, 0.6) is 0 Å². The van der Waals surface area contributed by atoms with Gasteiger partial charge in [-0.05, 0) is 62.2 Å². The second kappa shape index (κ2) is 9.68. The van der Waals surface area contributed by atoms with Crippen LogP contribution in [0.15, 0.2) is 48.5 Å². The minimum Gasteiger partial charge on any atom is -0.369 e. The number of likely N-dealkylation sites (tertiary alicyclic amines) is 1. The zero-order chi connectivity index (χ0) is 21.4. The number of nitrogens with two attached hydrogens (primary N) is 1. The van der Waals surface area contributed by atoms with Crippen LogP contribution >= 0.6 is 35.6 Å². The van der Waals surface area contributed by atoms with Gasteiger partial charge in [0.2, 0.25) is 5.91 Å². The molecule has 0 aromatic heterocycles. The molecule has 0 radical (unpaired) electrons. The van der Waals surface area contributed by atoms with Gasteiger partial charge >= 0.3 is 0 Å². The van der Waals surface area contributed by atoms with Crippen LogP contribution in [-0.2, 0) is 15.6 Å². The first-order valence-corrected chi connectivity index (χ1v) is 11.4. The SMILES string of the molecule is CCN1CCC(C(N)=O)(c2ccccc2)CC1C1(c2ccc(Cl)c(Cl)c2)CCNC1.Cl. The van der Waals surface area contributed by atoms with E-state index in [9.17, 15) is 4.79 Å². The van der Waals surface area contributed by atoms with Crippen molar-refractivity contribution in [2.24, 2.45) is 5.73 Å². The quantitative estimate of drug-likeness (QED) is 0.657. The molecule has 0 saturated carbocycles. The molecule has 0 bridgehead atoms. The lowest BCUT2D eigenvalue weighted by atomic mass is 9.61. The molecule has 2 fully saturated rings. The summed E-state index contributed by atoms with van der Waals surface area (Å²) in [4.78, 5) is 15.4. The number of benzene rings is 2. The van der Waals surface area contributed by atoms with Crippen LogP contribution in [0.2, 0.25) is 10.0 Å². The summed E-state index contributed by atoms with van der Waals surface area (Å²) in [7, 11) is 0. The first kappa shape index (κ1) is 24.3. The van der Waals surface area contributed by atoms with Gasteiger partial charge in [-0.1, -0.05) is 66.5 Å². The zero-order valence-corrected chi connectivity index (χ0v) is 20.1. The van der Waals surface area contributed by atoms with Crippen LogP contribution in [0.3, 0.4) is 0 Å². The summed E-state index contributed by atoms with van der Waals surface area (Å²) >= 11 is 12.6. The molecule has 0 aliphatic carbocycles. The molecule has 3 atom stereocenters. The van der Waals surface area contributed by atoms with E-state index in [1.807, 2.05) is 42.5 Å². The number of amides is 1. The molecule has 4 rings (SSSR count). The molecule has 1 amide bonds. The van der Waals surface area contributed by atoms with Crippen molar-refractivity contribution in [1.29, 1.82) is 0 Å². The largest absolute Gasteiger partial charge is 0.369 e. The Labute approximate surface area is 200 Å². The van der Waals surface area contributed by atoms with Crippen molar-refractivity contribution in [3.8, 4) is 0 Å². The van der Waals surface area contributed by atoms with Crippen LogP contribution in [0.25, 0.3) is 0 Å². The van der Waals surface area contributed by atoms with E-state index >= 15 is 0 Å². The number of likely N-dealkylation sites (N-methyl/N-ethyl adjacent to an activating group) is 1. The molecule has 31 heavy (non-hydrogen) atoms. The molecule has 4 nitrogen and oxygen atoms in total. The number of hydrogen-bond donors (Lipinski definition) is 2. The van der Waals surface area contributed by atoms with Crippen molar-refractivity contribution in [1.82, 2.24) is 10.2 Å². The summed E-state index contributed by atoms with van der Waals surface area (Å²) in [6.07, 6.45) is 2.42. The van der Waals surface area contributed by atoms with Gasteiger partial charge in [0.1, 0.15) is 0 Å². The highest BCUT2D eigenvalue weighted by Crippen LogP contribution is 2.47. The molecule has 2 heterocycles. The third-order valence-electron chi connectivity index (χ3n) is 7.33.